The molecule has 0 atom stereocenters. The Labute approximate surface area is 79.7 Å². The molecule has 0 fully saturated rings. The summed E-state index contributed by atoms with van der Waals surface area (Å²) in [6, 6.07) is 0. The molecule has 1 rings (SSSR count). The average Bonchev–Trinajstić information content (AvgIpc) is 2.11. The standard InChI is InChI=1S/C11H16N2/c1-4-5-6-7-11-10(3)12-8-9(2)13-11/h6-8H,4-5H2,1-3H3/b7-6+. The normalized spacial score (nSPS) is 11.0. The van der Waals surface area contributed by atoms with Gasteiger partial charge < -0.3 is 0 Å². The quantitative estimate of drug-likeness (QED) is 0.707. The molecule has 0 bridgehead atoms. The topological polar surface area (TPSA) is 25.8 Å². The molecule has 0 spiro atoms. The second-order valence-corrected chi connectivity index (χ2v) is 3.17. The third kappa shape index (κ3) is 2.98. The molecule has 1 aromatic heterocycles. The van der Waals surface area contributed by atoms with Gasteiger partial charge in [-0.3, -0.25) is 9.97 Å². The molecule has 0 aromatic carbocycles. The van der Waals surface area contributed by atoms with Gasteiger partial charge in [0.1, 0.15) is 0 Å². The fraction of sp³-hybridized carbons (Fsp3) is 0.455. The summed E-state index contributed by atoms with van der Waals surface area (Å²) in [6.45, 7) is 6.11. The molecule has 70 valence electrons. The van der Waals surface area contributed by atoms with E-state index in [0.717, 1.165) is 23.5 Å². The number of unbranched alkanes of at least 4 members (excludes halogenated alkanes) is 1. The van der Waals surface area contributed by atoms with Crippen molar-refractivity contribution in [2.75, 3.05) is 0 Å². The van der Waals surface area contributed by atoms with Crippen LogP contribution < -0.4 is 0 Å². The van der Waals surface area contributed by atoms with E-state index in [1.165, 1.54) is 6.42 Å². The Bertz CT molecular complexity index is 303. The highest BCUT2D eigenvalue weighted by Crippen LogP contribution is 2.05. The first-order valence-electron chi connectivity index (χ1n) is 4.71. The number of nitrogens with zero attached hydrogens (tertiary/aromatic N) is 2. The SMILES string of the molecule is CCC/C=C/c1nc(C)cnc1C. The first kappa shape index (κ1) is 9.90. The van der Waals surface area contributed by atoms with Crippen molar-refractivity contribution in [2.24, 2.45) is 0 Å². The van der Waals surface area contributed by atoms with Gasteiger partial charge in [0.15, 0.2) is 0 Å². The van der Waals surface area contributed by atoms with Gasteiger partial charge in [-0.2, -0.15) is 0 Å². The van der Waals surface area contributed by atoms with Gasteiger partial charge in [0.2, 0.25) is 0 Å². The third-order valence-corrected chi connectivity index (χ3v) is 1.84. The highest BCUT2D eigenvalue weighted by Gasteiger charge is 1.96. The summed E-state index contributed by atoms with van der Waals surface area (Å²) in [6.07, 6.45) is 8.28. The van der Waals surface area contributed by atoms with Crippen molar-refractivity contribution in [3.63, 3.8) is 0 Å². The maximum atomic E-state index is 4.40. The van der Waals surface area contributed by atoms with Crippen LogP contribution in [0, 0.1) is 13.8 Å². The maximum Gasteiger partial charge on any atom is 0.0842 e. The van der Waals surface area contributed by atoms with Crippen LogP contribution in [0.5, 0.6) is 0 Å². The Hall–Kier alpha value is -1.18. The minimum atomic E-state index is 0.974. The maximum absolute atomic E-state index is 4.40. The molecular weight excluding hydrogens is 160 g/mol. The molecule has 0 aliphatic heterocycles. The van der Waals surface area contributed by atoms with Gasteiger partial charge in [-0.1, -0.05) is 19.4 Å². The lowest BCUT2D eigenvalue weighted by atomic mass is 10.2. The van der Waals surface area contributed by atoms with Crippen LogP contribution in [-0.2, 0) is 0 Å². The smallest absolute Gasteiger partial charge is 0.0842 e. The molecule has 0 aliphatic rings. The fourth-order valence-electron chi connectivity index (χ4n) is 1.08. The van der Waals surface area contributed by atoms with E-state index < -0.39 is 0 Å². The Morgan fingerprint density at radius 2 is 2.15 bits per heavy atom. The zero-order chi connectivity index (χ0) is 9.68. The van der Waals surface area contributed by atoms with Crippen molar-refractivity contribution >= 4 is 6.08 Å². The van der Waals surface area contributed by atoms with E-state index in [4.69, 9.17) is 0 Å². The summed E-state index contributed by atoms with van der Waals surface area (Å²) in [5.74, 6) is 0. The number of hydrogen-bond donors (Lipinski definition) is 0. The average molecular weight is 176 g/mol. The van der Waals surface area contributed by atoms with Crippen molar-refractivity contribution in [1.82, 2.24) is 9.97 Å². The largest absolute Gasteiger partial charge is 0.257 e. The van der Waals surface area contributed by atoms with Crippen LogP contribution in [0.4, 0.5) is 0 Å². The predicted octanol–water partition coefficient (Wildman–Crippen LogP) is 2.91. The zero-order valence-electron chi connectivity index (χ0n) is 8.54. The van der Waals surface area contributed by atoms with E-state index in [9.17, 15) is 0 Å². The van der Waals surface area contributed by atoms with Crippen LogP contribution in [0.25, 0.3) is 6.08 Å². The van der Waals surface area contributed by atoms with Gasteiger partial charge >= 0.3 is 0 Å². The van der Waals surface area contributed by atoms with Gasteiger partial charge in [0.25, 0.3) is 0 Å². The lowest BCUT2D eigenvalue weighted by Gasteiger charge is -1.99. The summed E-state index contributed by atoms with van der Waals surface area (Å²) in [4.78, 5) is 8.64. The van der Waals surface area contributed by atoms with Crippen LogP contribution in [-0.4, -0.2) is 9.97 Å². The van der Waals surface area contributed by atoms with E-state index in [1.54, 1.807) is 6.20 Å². The molecule has 13 heavy (non-hydrogen) atoms. The van der Waals surface area contributed by atoms with Crippen molar-refractivity contribution in [2.45, 2.75) is 33.6 Å². The third-order valence-electron chi connectivity index (χ3n) is 1.84. The summed E-state index contributed by atoms with van der Waals surface area (Å²) in [5, 5.41) is 0. The van der Waals surface area contributed by atoms with Crippen molar-refractivity contribution in [3.05, 3.63) is 29.4 Å². The van der Waals surface area contributed by atoms with Crippen LogP contribution in [0.1, 0.15) is 36.8 Å². The van der Waals surface area contributed by atoms with Gasteiger partial charge in [-0.25, -0.2) is 0 Å². The minimum Gasteiger partial charge on any atom is -0.257 e. The fourth-order valence-corrected chi connectivity index (χ4v) is 1.08. The Kier molecular flexibility index (Phi) is 3.62. The molecule has 0 aliphatic carbocycles. The highest BCUT2D eigenvalue weighted by atomic mass is 14.8. The Balaban J connectivity index is 2.81. The molecule has 0 saturated carbocycles. The predicted molar refractivity (Wildman–Crippen MR) is 55.4 cm³/mol. The van der Waals surface area contributed by atoms with Gasteiger partial charge in [0.05, 0.1) is 17.1 Å². The van der Waals surface area contributed by atoms with Gasteiger partial charge in [-0.15, -0.1) is 0 Å². The Morgan fingerprint density at radius 1 is 1.38 bits per heavy atom. The molecular formula is C11H16N2. The van der Waals surface area contributed by atoms with Crippen LogP contribution in [0.3, 0.4) is 0 Å². The molecule has 0 saturated heterocycles. The van der Waals surface area contributed by atoms with E-state index in [2.05, 4.69) is 29.0 Å². The summed E-state index contributed by atoms with van der Waals surface area (Å²) >= 11 is 0. The Morgan fingerprint density at radius 3 is 2.85 bits per heavy atom. The summed E-state index contributed by atoms with van der Waals surface area (Å²) < 4.78 is 0. The van der Waals surface area contributed by atoms with Crippen LogP contribution in [0.2, 0.25) is 0 Å². The molecule has 2 nitrogen and oxygen atoms in total. The van der Waals surface area contributed by atoms with Crippen molar-refractivity contribution in [3.8, 4) is 0 Å². The lowest BCUT2D eigenvalue weighted by Crippen LogP contribution is -1.93. The minimum absolute atomic E-state index is 0.974. The number of aryl methyl sites for hydroxylation is 2. The van der Waals surface area contributed by atoms with Gasteiger partial charge in [0, 0.05) is 6.20 Å². The summed E-state index contributed by atoms with van der Waals surface area (Å²) in [7, 11) is 0. The first-order valence-corrected chi connectivity index (χ1v) is 4.71. The lowest BCUT2D eigenvalue weighted by molar-refractivity contribution is 0.960. The number of hydrogen-bond acceptors (Lipinski definition) is 2. The summed E-state index contributed by atoms with van der Waals surface area (Å²) in [5.41, 5.74) is 2.97. The van der Waals surface area contributed by atoms with E-state index >= 15 is 0 Å². The second kappa shape index (κ2) is 4.75. The number of allylic oxidation sites excluding steroid dienone is 1. The molecule has 0 N–H and O–H groups in total. The second-order valence-electron chi connectivity index (χ2n) is 3.17. The number of rotatable bonds is 3. The number of aromatic nitrogens is 2. The van der Waals surface area contributed by atoms with E-state index in [-0.39, 0.29) is 0 Å². The van der Waals surface area contributed by atoms with E-state index in [1.807, 2.05) is 13.8 Å². The first-order chi connectivity index (χ1) is 6.24. The molecule has 2 heteroatoms. The van der Waals surface area contributed by atoms with Gasteiger partial charge in [-0.05, 0) is 26.3 Å². The molecule has 0 radical (unpaired) electrons. The van der Waals surface area contributed by atoms with E-state index in [0.29, 0.717) is 0 Å². The van der Waals surface area contributed by atoms with Crippen molar-refractivity contribution in [1.29, 1.82) is 0 Å². The zero-order valence-corrected chi connectivity index (χ0v) is 8.54. The van der Waals surface area contributed by atoms with Crippen LogP contribution >= 0.6 is 0 Å². The highest BCUT2D eigenvalue weighted by molar-refractivity contribution is 5.46. The molecule has 1 heterocycles. The molecule has 0 unspecified atom stereocenters. The van der Waals surface area contributed by atoms with Crippen molar-refractivity contribution < 1.29 is 0 Å². The molecule has 0 amide bonds. The molecule has 1 aromatic rings. The monoisotopic (exact) mass is 176 g/mol. The van der Waals surface area contributed by atoms with Crippen LogP contribution in [0.15, 0.2) is 12.3 Å².